The molecule has 0 saturated heterocycles. The van der Waals surface area contributed by atoms with Crippen LogP contribution in [0.1, 0.15) is 27.6 Å². The molecule has 2 aromatic rings. The number of esters is 1. The number of phenols is 1. The summed E-state index contributed by atoms with van der Waals surface area (Å²) in [6.07, 6.45) is 1.19. The molecule has 0 unspecified atom stereocenters. The third-order valence-electron chi connectivity index (χ3n) is 2.61. The summed E-state index contributed by atoms with van der Waals surface area (Å²) in [4.78, 5) is 23.7. The Balaban J connectivity index is 2.32. The molecule has 7 heteroatoms. The lowest BCUT2D eigenvalue weighted by atomic mass is 10.2. The fourth-order valence-corrected chi connectivity index (χ4v) is 1.61. The van der Waals surface area contributed by atoms with E-state index in [0.717, 1.165) is 4.68 Å². The van der Waals surface area contributed by atoms with Gasteiger partial charge in [0.1, 0.15) is 17.1 Å². The number of hydrogen-bond acceptors (Lipinski definition) is 6. The van der Waals surface area contributed by atoms with Crippen molar-refractivity contribution >= 4 is 17.7 Å². The fourth-order valence-electron chi connectivity index (χ4n) is 1.61. The number of aromatic hydroxyl groups is 1. The number of carbonyl (C=O) groups excluding carboxylic acids is 2. The average molecular weight is 275 g/mol. The minimum atomic E-state index is -0.630. The zero-order chi connectivity index (χ0) is 14.7. The first-order chi connectivity index (χ1) is 9.54. The fraction of sp³-hybridized carbons (Fsp3) is 0.154. The highest BCUT2D eigenvalue weighted by Crippen LogP contribution is 2.16. The van der Waals surface area contributed by atoms with Crippen LogP contribution in [-0.4, -0.2) is 33.4 Å². The number of nitrogens with zero attached hydrogens (tertiary/aromatic N) is 2. The first kappa shape index (κ1) is 13.6. The van der Waals surface area contributed by atoms with E-state index >= 15 is 0 Å². The molecular weight excluding hydrogens is 262 g/mol. The van der Waals surface area contributed by atoms with Gasteiger partial charge in [-0.1, -0.05) is 0 Å². The maximum atomic E-state index is 12.2. The first-order valence-electron chi connectivity index (χ1n) is 5.89. The molecule has 20 heavy (non-hydrogen) atoms. The number of carbonyl (C=O) groups is 2. The molecule has 0 aliphatic rings. The molecule has 1 aromatic carbocycles. The Morgan fingerprint density at radius 1 is 1.35 bits per heavy atom. The van der Waals surface area contributed by atoms with E-state index in [1.165, 1.54) is 30.5 Å². The quantitative estimate of drug-likeness (QED) is 0.810. The number of rotatable bonds is 3. The summed E-state index contributed by atoms with van der Waals surface area (Å²) >= 11 is 0. The van der Waals surface area contributed by atoms with E-state index in [0.29, 0.717) is 0 Å². The Kier molecular flexibility index (Phi) is 3.69. The number of aromatic nitrogens is 2. The van der Waals surface area contributed by atoms with E-state index in [2.05, 4.69) is 5.10 Å². The SMILES string of the molecule is CCOC(=O)c1cnn(C(=O)c2ccc(O)cc2)c1N. The van der Waals surface area contributed by atoms with Gasteiger partial charge in [-0.05, 0) is 31.2 Å². The molecule has 0 amide bonds. The van der Waals surface area contributed by atoms with Gasteiger partial charge in [-0.3, -0.25) is 4.79 Å². The summed E-state index contributed by atoms with van der Waals surface area (Å²) in [6, 6.07) is 5.62. The summed E-state index contributed by atoms with van der Waals surface area (Å²) in [6.45, 7) is 1.87. The van der Waals surface area contributed by atoms with Crippen LogP contribution in [0.25, 0.3) is 0 Å². The zero-order valence-electron chi connectivity index (χ0n) is 10.7. The molecule has 104 valence electrons. The summed E-state index contributed by atoms with van der Waals surface area (Å²) in [5, 5.41) is 13.0. The predicted molar refractivity (Wildman–Crippen MR) is 70.4 cm³/mol. The van der Waals surface area contributed by atoms with E-state index in [4.69, 9.17) is 10.5 Å². The number of anilines is 1. The summed E-state index contributed by atoms with van der Waals surface area (Å²) in [7, 11) is 0. The van der Waals surface area contributed by atoms with Crippen LogP contribution in [-0.2, 0) is 4.74 Å². The number of ether oxygens (including phenoxy) is 1. The first-order valence-corrected chi connectivity index (χ1v) is 5.89. The van der Waals surface area contributed by atoms with Gasteiger partial charge in [0.05, 0.1) is 12.8 Å². The van der Waals surface area contributed by atoms with Crippen LogP contribution in [0.4, 0.5) is 5.82 Å². The second kappa shape index (κ2) is 5.43. The Bertz CT molecular complexity index is 646. The van der Waals surface area contributed by atoms with Gasteiger partial charge >= 0.3 is 5.97 Å². The third-order valence-corrected chi connectivity index (χ3v) is 2.61. The second-order valence-electron chi connectivity index (χ2n) is 3.93. The van der Waals surface area contributed by atoms with Crippen LogP contribution >= 0.6 is 0 Å². The van der Waals surface area contributed by atoms with Crippen molar-refractivity contribution in [2.45, 2.75) is 6.92 Å². The van der Waals surface area contributed by atoms with Crippen LogP contribution in [0.15, 0.2) is 30.5 Å². The van der Waals surface area contributed by atoms with E-state index in [-0.39, 0.29) is 29.3 Å². The number of nitrogen functional groups attached to an aromatic ring is 1. The van der Waals surface area contributed by atoms with Crippen LogP contribution in [0, 0.1) is 0 Å². The van der Waals surface area contributed by atoms with Crippen molar-refractivity contribution in [3.63, 3.8) is 0 Å². The van der Waals surface area contributed by atoms with Gasteiger partial charge in [0.15, 0.2) is 0 Å². The van der Waals surface area contributed by atoms with Crippen LogP contribution in [0.3, 0.4) is 0 Å². The topological polar surface area (TPSA) is 107 Å². The smallest absolute Gasteiger partial charge is 0.343 e. The second-order valence-corrected chi connectivity index (χ2v) is 3.93. The Labute approximate surface area is 114 Å². The van der Waals surface area contributed by atoms with E-state index in [1.54, 1.807) is 6.92 Å². The molecule has 0 radical (unpaired) electrons. The Hall–Kier alpha value is -2.83. The normalized spacial score (nSPS) is 10.2. The molecule has 0 bridgehead atoms. The number of nitrogens with two attached hydrogens (primary N) is 1. The molecule has 0 aliphatic carbocycles. The average Bonchev–Trinajstić information content (AvgIpc) is 2.81. The highest BCUT2D eigenvalue weighted by atomic mass is 16.5. The molecular formula is C13H13N3O4. The molecule has 0 fully saturated rings. The number of benzene rings is 1. The largest absolute Gasteiger partial charge is 0.508 e. The van der Waals surface area contributed by atoms with Crippen molar-refractivity contribution < 1.29 is 19.4 Å². The molecule has 0 aliphatic heterocycles. The van der Waals surface area contributed by atoms with Crippen molar-refractivity contribution in [2.24, 2.45) is 0 Å². The highest BCUT2D eigenvalue weighted by molar-refractivity contribution is 6.01. The van der Waals surface area contributed by atoms with Gasteiger partial charge in [0.25, 0.3) is 5.91 Å². The van der Waals surface area contributed by atoms with Gasteiger partial charge < -0.3 is 15.6 Å². The lowest BCUT2D eigenvalue weighted by Crippen LogP contribution is -2.17. The molecule has 1 aromatic heterocycles. The molecule has 3 N–H and O–H groups in total. The number of phenolic OH excluding ortho intramolecular Hbond substituents is 1. The Morgan fingerprint density at radius 2 is 2.00 bits per heavy atom. The molecule has 0 spiro atoms. The lowest BCUT2D eigenvalue weighted by Gasteiger charge is -2.04. The maximum absolute atomic E-state index is 12.2. The molecule has 7 nitrogen and oxygen atoms in total. The third kappa shape index (κ3) is 2.46. The van der Waals surface area contributed by atoms with Gasteiger partial charge in [-0.15, -0.1) is 0 Å². The summed E-state index contributed by atoms with van der Waals surface area (Å²) in [5.74, 6) is -1.17. The lowest BCUT2D eigenvalue weighted by molar-refractivity contribution is 0.0527. The van der Waals surface area contributed by atoms with Crippen LogP contribution < -0.4 is 5.73 Å². The molecule has 1 heterocycles. The Morgan fingerprint density at radius 3 is 2.60 bits per heavy atom. The van der Waals surface area contributed by atoms with Crippen molar-refractivity contribution in [3.8, 4) is 5.75 Å². The number of hydrogen-bond donors (Lipinski definition) is 2. The predicted octanol–water partition coefficient (Wildman–Crippen LogP) is 1.04. The van der Waals surface area contributed by atoms with Gasteiger partial charge in [-0.25, -0.2) is 4.79 Å². The van der Waals surface area contributed by atoms with Gasteiger partial charge in [0.2, 0.25) is 0 Å². The highest BCUT2D eigenvalue weighted by Gasteiger charge is 2.20. The molecule has 0 atom stereocenters. The van der Waals surface area contributed by atoms with E-state index in [1.807, 2.05) is 0 Å². The van der Waals surface area contributed by atoms with Crippen molar-refractivity contribution in [1.82, 2.24) is 9.78 Å². The van der Waals surface area contributed by atoms with Crippen molar-refractivity contribution in [2.75, 3.05) is 12.3 Å². The van der Waals surface area contributed by atoms with Crippen LogP contribution in [0.2, 0.25) is 0 Å². The minimum Gasteiger partial charge on any atom is -0.508 e. The standard InChI is InChI=1S/C13H13N3O4/c1-2-20-13(19)10-7-15-16(11(10)14)12(18)8-3-5-9(17)6-4-8/h3-7,17H,2,14H2,1H3. The maximum Gasteiger partial charge on any atom is 0.343 e. The zero-order valence-corrected chi connectivity index (χ0v) is 10.7. The van der Waals surface area contributed by atoms with E-state index in [9.17, 15) is 14.7 Å². The van der Waals surface area contributed by atoms with Crippen molar-refractivity contribution in [3.05, 3.63) is 41.6 Å². The molecule has 0 saturated carbocycles. The van der Waals surface area contributed by atoms with Crippen molar-refractivity contribution in [1.29, 1.82) is 0 Å². The summed E-state index contributed by atoms with van der Waals surface area (Å²) < 4.78 is 5.72. The summed E-state index contributed by atoms with van der Waals surface area (Å²) in [5.41, 5.74) is 6.06. The van der Waals surface area contributed by atoms with Crippen LogP contribution in [0.5, 0.6) is 5.75 Å². The monoisotopic (exact) mass is 275 g/mol. The van der Waals surface area contributed by atoms with E-state index < -0.39 is 11.9 Å². The molecule has 2 rings (SSSR count). The van der Waals surface area contributed by atoms with Gasteiger partial charge in [-0.2, -0.15) is 9.78 Å². The minimum absolute atomic E-state index is 0.0407. The van der Waals surface area contributed by atoms with Gasteiger partial charge in [0, 0.05) is 5.56 Å².